The lowest BCUT2D eigenvalue weighted by molar-refractivity contribution is -0.124. The number of amides is 1. The third kappa shape index (κ3) is 5.51. The van der Waals surface area contributed by atoms with Crippen LogP contribution in [0.15, 0.2) is 0 Å². The molecule has 1 fully saturated rings. The van der Waals surface area contributed by atoms with Crippen LogP contribution in [0.1, 0.15) is 65.7 Å². The van der Waals surface area contributed by atoms with E-state index < -0.39 is 12.1 Å². The number of nitrogens with one attached hydrogen (secondary N) is 1. The van der Waals surface area contributed by atoms with Gasteiger partial charge in [0, 0.05) is 6.42 Å². The van der Waals surface area contributed by atoms with Gasteiger partial charge in [0.15, 0.2) is 5.78 Å². The minimum atomic E-state index is -0.529. The second kappa shape index (κ2) is 7.65. The summed E-state index contributed by atoms with van der Waals surface area (Å²) in [5.74, 6) is 0.615. The van der Waals surface area contributed by atoms with Gasteiger partial charge in [-0.25, -0.2) is 4.79 Å². The largest absolute Gasteiger partial charge is 0.453 e. The summed E-state index contributed by atoms with van der Waals surface area (Å²) in [5, 5.41) is 2.70. The number of carbonyl (C=O) groups excluding carboxylic acids is 2. The molecule has 4 heteroatoms. The molecule has 0 aromatic heterocycles. The zero-order valence-corrected chi connectivity index (χ0v) is 13.3. The van der Waals surface area contributed by atoms with Crippen molar-refractivity contribution in [2.45, 2.75) is 71.8 Å². The van der Waals surface area contributed by atoms with Crippen LogP contribution in [0.3, 0.4) is 0 Å². The lowest BCUT2D eigenvalue weighted by Gasteiger charge is -2.30. The molecule has 1 aliphatic carbocycles. The van der Waals surface area contributed by atoms with Crippen molar-refractivity contribution in [2.24, 2.45) is 11.3 Å². The Morgan fingerprint density at radius 3 is 2.15 bits per heavy atom. The van der Waals surface area contributed by atoms with Crippen molar-refractivity contribution in [2.75, 3.05) is 7.11 Å². The number of carbonyl (C=O) groups is 2. The lowest BCUT2D eigenvalue weighted by atomic mass is 9.80. The minimum absolute atomic E-state index is 0.134. The molecule has 0 radical (unpaired) electrons. The molecule has 20 heavy (non-hydrogen) atoms. The van der Waals surface area contributed by atoms with Gasteiger partial charge < -0.3 is 10.1 Å². The SMILES string of the molecule is COC(=O)N[C@H](C(=O)CC1CCCCCC1)C(C)(C)C. The Morgan fingerprint density at radius 1 is 1.15 bits per heavy atom. The number of Topliss-reactive ketones (excluding diaryl/α,β-unsaturated/α-hetero) is 1. The maximum Gasteiger partial charge on any atom is 0.407 e. The molecule has 0 aromatic rings. The summed E-state index contributed by atoms with van der Waals surface area (Å²) in [6.45, 7) is 5.91. The summed E-state index contributed by atoms with van der Waals surface area (Å²) < 4.78 is 4.63. The van der Waals surface area contributed by atoms with E-state index in [0.717, 1.165) is 12.8 Å². The molecular weight excluding hydrogens is 254 g/mol. The molecule has 0 bridgehead atoms. The fraction of sp³-hybridized carbons (Fsp3) is 0.875. The molecule has 0 spiro atoms. The Kier molecular flexibility index (Phi) is 6.50. The summed E-state index contributed by atoms with van der Waals surface area (Å²) >= 11 is 0. The molecule has 116 valence electrons. The summed E-state index contributed by atoms with van der Waals surface area (Å²) in [5.41, 5.74) is -0.296. The molecule has 1 N–H and O–H groups in total. The maximum atomic E-state index is 12.6. The van der Waals surface area contributed by atoms with E-state index in [-0.39, 0.29) is 11.2 Å². The van der Waals surface area contributed by atoms with Crippen molar-refractivity contribution in [3.63, 3.8) is 0 Å². The summed E-state index contributed by atoms with van der Waals surface area (Å²) in [7, 11) is 1.32. The zero-order valence-electron chi connectivity index (χ0n) is 13.3. The number of hydrogen-bond acceptors (Lipinski definition) is 3. The highest BCUT2D eigenvalue weighted by Gasteiger charge is 2.33. The zero-order chi connectivity index (χ0) is 15.2. The molecule has 1 saturated carbocycles. The molecule has 4 nitrogen and oxygen atoms in total. The van der Waals surface area contributed by atoms with Gasteiger partial charge in [-0.15, -0.1) is 0 Å². The van der Waals surface area contributed by atoms with Crippen molar-refractivity contribution >= 4 is 11.9 Å². The standard InChI is InChI=1S/C16H29NO3/c1-16(2,3)14(17-15(19)20-4)13(18)11-12-9-7-5-6-8-10-12/h12,14H,5-11H2,1-4H3,(H,17,19)/t14-/m1/s1. The number of rotatable bonds is 4. The number of ketones is 1. The van der Waals surface area contributed by atoms with Crippen LogP contribution >= 0.6 is 0 Å². The lowest BCUT2D eigenvalue weighted by Crippen LogP contribution is -2.49. The van der Waals surface area contributed by atoms with E-state index in [1.807, 2.05) is 20.8 Å². The van der Waals surface area contributed by atoms with Gasteiger partial charge in [0.1, 0.15) is 0 Å². The van der Waals surface area contributed by atoms with E-state index in [2.05, 4.69) is 10.1 Å². The molecule has 1 atom stereocenters. The predicted octanol–water partition coefficient (Wildman–Crippen LogP) is 3.69. The van der Waals surface area contributed by atoms with E-state index in [0.29, 0.717) is 12.3 Å². The molecular formula is C16H29NO3. The average Bonchev–Trinajstić information content (AvgIpc) is 2.62. The third-order valence-corrected chi connectivity index (χ3v) is 4.10. The van der Waals surface area contributed by atoms with Crippen LogP contribution in [0, 0.1) is 11.3 Å². The van der Waals surface area contributed by atoms with Crippen LogP contribution in [-0.4, -0.2) is 25.0 Å². The molecule has 0 heterocycles. The molecule has 0 aromatic carbocycles. The van der Waals surface area contributed by atoms with Gasteiger partial charge >= 0.3 is 6.09 Å². The number of alkyl carbamates (subject to hydrolysis) is 1. The molecule has 0 aliphatic heterocycles. The highest BCUT2D eigenvalue weighted by Crippen LogP contribution is 2.28. The normalized spacial score (nSPS) is 19.0. The van der Waals surface area contributed by atoms with Gasteiger partial charge in [-0.3, -0.25) is 4.79 Å². The Morgan fingerprint density at radius 2 is 1.70 bits per heavy atom. The first-order valence-electron chi connectivity index (χ1n) is 7.71. The van der Waals surface area contributed by atoms with Gasteiger partial charge in [-0.2, -0.15) is 0 Å². The third-order valence-electron chi connectivity index (χ3n) is 4.10. The van der Waals surface area contributed by atoms with E-state index >= 15 is 0 Å². The first-order valence-corrected chi connectivity index (χ1v) is 7.71. The van der Waals surface area contributed by atoms with Crippen molar-refractivity contribution in [1.29, 1.82) is 0 Å². The highest BCUT2D eigenvalue weighted by molar-refractivity contribution is 5.88. The maximum absolute atomic E-state index is 12.6. The minimum Gasteiger partial charge on any atom is -0.453 e. The Hall–Kier alpha value is -1.06. The van der Waals surface area contributed by atoms with Crippen LogP contribution in [-0.2, 0) is 9.53 Å². The number of methoxy groups -OCH3 is 1. The van der Waals surface area contributed by atoms with Crippen LogP contribution in [0.2, 0.25) is 0 Å². The number of ether oxygens (including phenoxy) is 1. The van der Waals surface area contributed by atoms with Crippen molar-refractivity contribution < 1.29 is 14.3 Å². The van der Waals surface area contributed by atoms with E-state index in [1.54, 1.807) is 0 Å². The van der Waals surface area contributed by atoms with E-state index in [1.165, 1.54) is 32.8 Å². The molecule has 0 saturated heterocycles. The molecule has 0 unspecified atom stereocenters. The fourth-order valence-electron chi connectivity index (χ4n) is 2.93. The van der Waals surface area contributed by atoms with Crippen LogP contribution in [0.4, 0.5) is 4.79 Å². The average molecular weight is 283 g/mol. The topological polar surface area (TPSA) is 55.4 Å². The van der Waals surface area contributed by atoms with Gasteiger partial charge in [0.05, 0.1) is 13.2 Å². The van der Waals surface area contributed by atoms with Gasteiger partial charge in [0.2, 0.25) is 0 Å². The first-order chi connectivity index (χ1) is 9.34. The van der Waals surface area contributed by atoms with Crippen LogP contribution in [0.25, 0.3) is 0 Å². The highest BCUT2D eigenvalue weighted by atomic mass is 16.5. The fourth-order valence-corrected chi connectivity index (χ4v) is 2.93. The second-order valence-corrected chi connectivity index (χ2v) is 6.96. The monoisotopic (exact) mass is 283 g/mol. The van der Waals surface area contributed by atoms with Gasteiger partial charge in [-0.05, 0) is 11.3 Å². The summed E-state index contributed by atoms with van der Waals surface area (Å²) in [6.07, 6.45) is 7.35. The Labute approximate surface area is 122 Å². The van der Waals surface area contributed by atoms with Crippen molar-refractivity contribution in [3.8, 4) is 0 Å². The predicted molar refractivity (Wildman–Crippen MR) is 79.6 cm³/mol. The Balaban J connectivity index is 2.64. The van der Waals surface area contributed by atoms with Crippen LogP contribution < -0.4 is 5.32 Å². The van der Waals surface area contributed by atoms with Crippen LogP contribution in [0.5, 0.6) is 0 Å². The van der Waals surface area contributed by atoms with Gasteiger partial charge in [-0.1, -0.05) is 59.3 Å². The molecule has 1 amide bonds. The molecule has 1 aliphatic rings. The second-order valence-electron chi connectivity index (χ2n) is 6.96. The van der Waals surface area contributed by atoms with Crippen molar-refractivity contribution in [1.82, 2.24) is 5.32 Å². The summed E-state index contributed by atoms with van der Waals surface area (Å²) in [4.78, 5) is 24.0. The smallest absolute Gasteiger partial charge is 0.407 e. The number of hydrogen-bond donors (Lipinski definition) is 1. The summed E-state index contributed by atoms with van der Waals surface area (Å²) in [6, 6.07) is -0.474. The van der Waals surface area contributed by atoms with Gasteiger partial charge in [0.25, 0.3) is 0 Å². The van der Waals surface area contributed by atoms with E-state index in [9.17, 15) is 9.59 Å². The molecule has 1 rings (SSSR count). The van der Waals surface area contributed by atoms with Crippen molar-refractivity contribution in [3.05, 3.63) is 0 Å². The Bertz CT molecular complexity index is 325. The van der Waals surface area contributed by atoms with E-state index in [4.69, 9.17) is 0 Å². The first kappa shape index (κ1) is 17.0. The quantitative estimate of drug-likeness (QED) is 0.801.